The predicted octanol–water partition coefficient (Wildman–Crippen LogP) is 14.6. The van der Waals surface area contributed by atoms with Crippen LogP contribution in [0.1, 0.15) is 0 Å². The first-order valence-electron chi connectivity index (χ1n) is 20.5. The van der Waals surface area contributed by atoms with Gasteiger partial charge in [-0.25, -0.2) is 24.9 Å². The van der Waals surface area contributed by atoms with Crippen LogP contribution in [0, 0.1) is 0 Å². The number of nitrogens with zero attached hydrogens (tertiary/aromatic N) is 5. The molecule has 0 aliphatic carbocycles. The molecule has 0 bridgehead atoms. The van der Waals surface area contributed by atoms with Gasteiger partial charge >= 0.3 is 0 Å². The molecule has 290 valence electrons. The van der Waals surface area contributed by atoms with Crippen molar-refractivity contribution in [1.82, 2.24) is 24.9 Å². The number of furan rings is 1. The van der Waals surface area contributed by atoms with E-state index in [1.807, 2.05) is 78.9 Å². The molecule has 0 amide bonds. The molecule has 12 aromatic rings. The second-order valence-electron chi connectivity index (χ2n) is 15.2. The zero-order chi connectivity index (χ0) is 41.0. The van der Waals surface area contributed by atoms with Gasteiger partial charge in [-0.3, -0.25) is 0 Å². The number of hydrogen-bond donors (Lipinski definition) is 0. The lowest BCUT2D eigenvalue weighted by atomic mass is 9.98. The standard InChI is InChI=1S/C55H33N5OS/c1-4-16-34(17-5-1)37-22-12-24-39(32-37)48-51-49(42-26-10-11-31-46(42)62-51)57-54(56-48)40-25-13-23-38(33-40)41-27-14-28-43-47-44(29-15-30-45(47)61-50(41)43)55-59-52(35-18-6-2-7-19-35)58-53(60-55)36-20-8-3-9-21-36/h1-33H. The first-order chi connectivity index (χ1) is 30.7. The summed E-state index contributed by atoms with van der Waals surface area (Å²) in [4.78, 5) is 25.7. The van der Waals surface area contributed by atoms with Crippen molar-refractivity contribution in [3.8, 4) is 79.1 Å². The third-order valence-electron chi connectivity index (χ3n) is 11.4. The van der Waals surface area contributed by atoms with Crippen molar-refractivity contribution in [3.63, 3.8) is 0 Å². The van der Waals surface area contributed by atoms with Crippen LogP contribution in [-0.2, 0) is 0 Å². The SMILES string of the molecule is c1ccc(-c2cccc(-c3nc(-c4cccc(-c5cccc6c5oc5cccc(-c7nc(-c8ccccc8)nc(-c8ccccc8)n7)c56)c4)nc4c3sc3ccccc34)c2)cc1. The summed E-state index contributed by atoms with van der Waals surface area (Å²) in [6.45, 7) is 0. The topological polar surface area (TPSA) is 77.6 Å². The Balaban J connectivity index is 1.00. The fourth-order valence-electron chi connectivity index (χ4n) is 8.41. The molecule has 12 rings (SSSR count). The second kappa shape index (κ2) is 14.9. The van der Waals surface area contributed by atoms with E-state index in [0.717, 1.165) is 93.3 Å². The number of benzene rings is 8. The predicted molar refractivity (Wildman–Crippen MR) is 254 cm³/mol. The van der Waals surface area contributed by atoms with Gasteiger partial charge in [-0.1, -0.05) is 176 Å². The van der Waals surface area contributed by atoms with Gasteiger partial charge in [-0.2, -0.15) is 0 Å². The minimum absolute atomic E-state index is 0.581. The molecule has 0 spiro atoms. The highest BCUT2D eigenvalue weighted by Gasteiger charge is 2.21. The van der Waals surface area contributed by atoms with Gasteiger partial charge in [0.2, 0.25) is 0 Å². The summed E-state index contributed by atoms with van der Waals surface area (Å²) in [6.07, 6.45) is 0. The summed E-state index contributed by atoms with van der Waals surface area (Å²) in [6, 6.07) is 68.6. The molecule has 7 heteroatoms. The Morgan fingerprint density at radius 2 is 0.887 bits per heavy atom. The van der Waals surface area contributed by atoms with Crippen molar-refractivity contribution >= 4 is 53.6 Å². The van der Waals surface area contributed by atoms with Crippen LogP contribution in [-0.4, -0.2) is 24.9 Å². The summed E-state index contributed by atoms with van der Waals surface area (Å²) in [5, 5.41) is 3.05. The summed E-state index contributed by atoms with van der Waals surface area (Å²) < 4.78 is 9.05. The van der Waals surface area contributed by atoms with Crippen LogP contribution in [0.4, 0.5) is 0 Å². The summed E-state index contributed by atoms with van der Waals surface area (Å²) >= 11 is 1.74. The quantitative estimate of drug-likeness (QED) is 0.160. The zero-order valence-corrected chi connectivity index (χ0v) is 33.9. The Morgan fingerprint density at radius 3 is 1.65 bits per heavy atom. The Bertz CT molecular complexity index is 3580. The van der Waals surface area contributed by atoms with Gasteiger partial charge in [-0.15, -0.1) is 11.3 Å². The van der Waals surface area contributed by atoms with Crippen molar-refractivity contribution < 1.29 is 4.42 Å². The largest absolute Gasteiger partial charge is 0.455 e. The molecular weight excluding hydrogens is 779 g/mol. The Hall–Kier alpha value is -8.13. The van der Waals surface area contributed by atoms with Crippen LogP contribution in [0.25, 0.3) is 121 Å². The molecular formula is C55H33N5OS. The molecule has 0 fully saturated rings. The first kappa shape index (κ1) is 35.8. The zero-order valence-electron chi connectivity index (χ0n) is 33.1. The van der Waals surface area contributed by atoms with Crippen LogP contribution in [0.15, 0.2) is 205 Å². The van der Waals surface area contributed by atoms with Gasteiger partial charge < -0.3 is 4.42 Å². The minimum atomic E-state index is 0.581. The van der Waals surface area contributed by atoms with Crippen LogP contribution in [0.3, 0.4) is 0 Å². The third-order valence-corrected chi connectivity index (χ3v) is 12.5. The average Bonchev–Trinajstić information content (AvgIpc) is 3.93. The number of rotatable bonds is 7. The smallest absolute Gasteiger partial charge is 0.164 e. The van der Waals surface area contributed by atoms with E-state index in [2.05, 4.69) is 121 Å². The van der Waals surface area contributed by atoms with Gasteiger partial charge in [0, 0.05) is 54.2 Å². The van der Waals surface area contributed by atoms with Crippen LogP contribution < -0.4 is 0 Å². The van der Waals surface area contributed by atoms with Crippen molar-refractivity contribution in [1.29, 1.82) is 0 Å². The van der Waals surface area contributed by atoms with Crippen LogP contribution >= 0.6 is 11.3 Å². The maximum absolute atomic E-state index is 6.79. The van der Waals surface area contributed by atoms with E-state index in [-0.39, 0.29) is 0 Å². The monoisotopic (exact) mass is 811 g/mol. The molecule has 4 heterocycles. The minimum Gasteiger partial charge on any atom is -0.455 e. The highest BCUT2D eigenvalue weighted by atomic mass is 32.1. The lowest BCUT2D eigenvalue weighted by Crippen LogP contribution is -2.00. The van der Waals surface area contributed by atoms with Crippen molar-refractivity contribution in [2.24, 2.45) is 0 Å². The molecule has 0 N–H and O–H groups in total. The maximum Gasteiger partial charge on any atom is 0.164 e. The van der Waals surface area contributed by atoms with E-state index in [1.54, 1.807) is 11.3 Å². The van der Waals surface area contributed by atoms with Gasteiger partial charge in [0.1, 0.15) is 11.2 Å². The summed E-state index contributed by atoms with van der Waals surface area (Å²) in [5.74, 6) is 2.47. The Labute approximate surface area is 360 Å². The molecule has 0 unspecified atom stereocenters. The second-order valence-corrected chi connectivity index (χ2v) is 16.3. The lowest BCUT2D eigenvalue weighted by Gasteiger charge is -2.10. The molecule has 0 aliphatic rings. The fourth-order valence-corrected chi connectivity index (χ4v) is 9.56. The number of thiophene rings is 1. The summed E-state index contributed by atoms with van der Waals surface area (Å²) in [7, 11) is 0. The Morgan fingerprint density at radius 1 is 0.355 bits per heavy atom. The number of hydrogen-bond acceptors (Lipinski definition) is 7. The average molecular weight is 812 g/mol. The van der Waals surface area contributed by atoms with Crippen molar-refractivity contribution in [3.05, 3.63) is 200 Å². The Kier molecular flexibility index (Phi) is 8.57. The number of para-hydroxylation sites is 1. The van der Waals surface area contributed by atoms with Gasteiger partial charge in [0.15, 0.2) is 23.3 Å². The molecule has 6 nitrogen and oxygen atoms in total. The number of fused-ring (bicyclic) bond motifs is 6. The molecule has 0 radical (unpaired) electrons. The maximum atomic E-state index is 6.79. The van der Waals surface area contributed by atoms with Gasteiger partial charge in [0.05, 0.1) is 15.9 Å². The highest BCUT2D eigenvalue weighted by molar-refractivity contribution is 7.26. The molecule has 8 aromatic carbocycles. The molecule has 62 heavy (non-hydrogen) atoms. The first-order valence-corrected chi connectivity index (χ1v) is 21.3. The van der Waals surface area contributed by atoms with E-state index < -0.39 is 0 Å². The van der Waals surface area contributed by atoms with Crippen molar-refractivity contribution in [2.45, 2.75) is 0 Å². The molecule has 0 atom stereocenters. The molecule has 0 saturated heterocycles. The third kappa shape index (κ3) is 6.22. The fraction of sp³-hybridized carbons (Fsp3) is 0. The van der Waals surface area contributed by atoms with Crippen molar-refractivity contribution in [2.75, 3.05) is 0 Å². The van der Waals surface area contributed by atoms with Crippen LogP contribution in [0.5, 0.6) is 0 Å². The lowest BCUT2D eigenvalue weighted by molar-refractivity contribution is 0.670. The summed E-state index contributed by atoms with van der Waals surface area (Å²) in [5.41, 5.74) is 12.4. The highest BCUT2D eigenvalue weighted by Crippen LogP contribution is 2.43. The van der Waals surface area contributed by atoms with E-state index >= 15 is 0 Å². The van der Waals surface area contributed by atoms with Gasteiger partial charge in [-0.05, 0) is 41.0 Å². The molecule has 0 aliphatic heterocycles. The molecule has 0 saturated carbocycles. The molecule has 4 aromatic heterocycles. The van der Waals surface area contributed by atoms with E-state index in [1.165, 1.54) is 4.70 Å². The van der Waals surface area contributed by atoms with E-state index in [4.69, 9.17) is 29.3 Å². The number of aromatic nitrogens is 5. The normalized spacial score (nSPS) is 11.5. The van der Waals surface area contributed by atoms with E-state index in [9.17, 15) is 0 Å². The van der Waals surface area contributed by atoms with E-state index in [0.29, 0.717) is 23.3 Å². The van der Waals surface area contributed by atoms with Gasteiger partial charge in [0.25, 0.3) is 0 Å². The van der Waals surface area contributed by atoms with Crippen LogP contribution in [0.2, 0.25) is 0 Å².